The third-order valence-electron chi connectivity index (χ3n) is 5.92. The van der Waals surface area contributed by atoms with Crippen LogP contribution in [0.5, 0.6) is 0 Å². The van der Waals surface area contributed by atoms with E-state index < -0.39 is 0 Å². The van der Waals surface area contributed by atoms with Gasteiger partial charge in [0.1, 0.15) is 5.82 Å². The molecule has 1 aliphatic rings. The number of amides is 1. The fraction of sp³-hybridized carbons (Fsp3) is 0.391. The first-order chi connectivity index (χ1) is 13.6. The van der Waals surface area contributed by atoms with Gasteiger partial charge in [0.25, 0.3) is 0 Å². The number of imidazole rings is 1. The van der Waals surface area contributed by atoms with Crippen molar-refractivity contribution in [2.75, 3.05) is 13.1 Å². The normalized spacial score (nSPS) is 15.8. The van der Waals surface area contributed by atoms with Gasteiger partial charge in [-0.15, -0.1) is 0 Å². The number of nitrogens with zero attached hydrogens (tertiary/aromatic N) is 3. The molecule has 28 heavy (non-hydrogen) atoms. The summed E-state index contributed by atoms with van der Waals surface area (Å²) in [5, 5.41) is 3.13. The predicted molar refractivity (Wildman–Crippen MR) is 112 cm³/mol. The highest BCUT2D eigenvalue weighted by Gasteiger charge is 2.25. The van der Waals surface area contributed by atoms with Crippen LogP contribution in [0.25, 0.3) is 11.0 Å². The van der Waals surface area contributed by atoms with Gasteiger partial charge >= 0.3 is 0 Å². The number of aromatic nitrogens is 2. The molecule has 1 N–H and O–H groups in total. The van der Waals surface area contributed by atoms with Crippen molar-refractivity contribution in [3.8, 4) is 0 Å². The lowest BCUT2D eigenvalue weighted by Crippen LogP contribution is -2.40. The number of fused-ring (bicyclic) bond motifs is 1. The number of carbonyl (C=O) groups excluding carboxylic acids is 1. The quantitative estimate of drug-likeness (QED) is 0.742. The fourth-order valence-electron chi connectivity index (χ4n) is 4.03. The first kappa shape index (κ1) is 18.7. The summed E-state index contributed by atoms with van der Waals surface area (Å²) < 4.78 is 2.18. The van der Waals surface area contributed by atoms with Crippen LogP contribution in [-0.4, -0.2) is 33.4 Å². The Labute approximate surface area is 166 Å². The number of nitrogens with one attached hydrogen (secondary N) is 1. The number of rotatable bonds is 5. The molecular weight excluding hydrogens is 348 g/mol. The molecule has 1 saturated heterocycles. The van der Waals surface area contributed by atoms with E-state index in [4.69, 9.17) is 4.98 Å². The minimum atomic E-state index is 0.112. The molecule has 4 rings (SSSR count). The molecule has 0 aliphatic carbocycles. The summed E-state index contributed by atoms with van der Waals surface area (Å²) in [7, 11) is 2.08. The fourth-order valence-corrected chi connectivity index (χ4v) is 4.03. The Balaban J connectivity index is 1.30. The molecule has 0 spiro atoms. The smallest absolute Gasteiger partial charge is 0.223 e. The molecule has 2 aromatic carbocycles. The molecular formula is C23H28N4O. The van der Waals surface area contributed by atoms with Gasteiger partial charge in [-0.1, -0.05) is 36.4 Å². The average Bonchev–Trinajstić information content (AvgIpc) is 3.03. The Morgan fingerprint density at radius 2 is 1.82 bits per heavy atom. The van der Waals surface area contributed by atoms with E-state index in [0.717, 1.165) is 43.8 Å². The third kappa shape index (κ3) is 3.94. The maximum atomic E-state index is 12.6. The second kappa shape index (κ2) is 8.15. The van der Waals surface area contributed by atoms with Crippen LogP contribution in [0, 0.1) is 12.8 Å². The van der Waals surface area contributed by atoms with Crippen molar-refractivity contribution >= 4 is 16.9 Å². The number of hydrogen-bond donors (Lipinski definition) is 1. The van der Waals surface area contributed by atoms with Crippen molar-refractivity contribution in [1.82, 2.24) is 19.8 Å². The van der Waals surface area contributed by atoms with Crippen molar-refractivity contribution in [3.63, 3.8) is 0 Å². The lowest BCUT2D eigenvalue weighted by molar-refractivity contribution is -0.126. The molecule has 146 valence electrons. The summed E-state index contributed by atoms with van der Waals surface area (Å²) in [5.41, 5.74) is 4.63. The van der Waals surface area contributed by atoms with Gasteiger partial charge < -0.3 is 9.88 Å². The molecule has 0 unspecified atom stereocenters. The van der Waals surface area contributed by atoms with E-state index in [1.54, 1.807) is 0 Å². The third-order valence-corrected chi connectivity index (χ3v) is 5.92. The van der Waals surface area contributed by atoms with Crippen molar-refractivity contribution < 1.29 is 4.79 Å². The standard InChI is InChI=1S/C23H28N4O/c1-17-7-3-4-8-19(17)15-24-23(28)18-11-13-27(14-12-18)16-22-25-20-9-5-6-10-21(20)26(22)2/h3-10,18H,11-16H2,1-2H3,(H,24,28). The Hall–Kier alpha value is -2.66. The molecule has 0 atom stereocenters. The van der Waals surface area contributed by atoms with Gasteiger partial charge in [-0.2, -0.15) is 0 Å². The minimum Gasteiger partial charge on any atom is -0.352 e. The number of likely N-dealkylation sites (tertiary alicyclic amines) is 1. The zero-order chi connectivity index (χ0) is 19.5. The number of carbonyl (C=O) groups is 1. The van der Waals surface area contributed by atoms with Crippen LogP contribution in [0.15, 0.2) is 48.5 Å². The van der Waals surface area contributed by atoms with Crippen LogP contribution in [0.4, 0.5) is 0 Å². The van der Waals surface area contributed by atoms with Crippen LogP contribution in [0.3, 0.4) is 0 Å². The molecule has 1 amide bonds. The van der Waals surface area contributed by atoms with Crippen molar-refractivity contribution in [2.45, 2.75) is 32.9 Å². The van der Waals surface area contributed by atoms with E-state index in [1.807, 2.05) is 18.2 Å². The van der Waals surface area contributed by atoms with Gasteiger partial charge in [0.15, 0.2) is 0 Å². The number of aryl methyl sites for hydroxylation is 2. The van der Waals surface area contributed by atoms with E-state index in [2.05, 4.69) is 59.1 Å². The Bertz CT molecular complexity index is 970. The summed E-state index contributed by atoms with van der Waals surface area (Å²) in [6.07, 6.45) is 1.81. The van der Waals surface area contributed by atoms with E-state index in [-0.39, 0.29) is 11.8 Å². The molecule has 0 radical (unpaired) electrons. The van der Waals surface area contributed by atoms with E-state index >= 15 is 0 Å². The number of para-hydroxylation sites is 2. The van der Waals surface area contributed by atoms with E-state index in [9.17, 15) is 4.79 Å². The lowest BCUT2D eigenvalue weighted by Gasteiger charge is -2.31. The van der Waals surface area contributed by atoms with Crippen LogP contribution in [0.2, 0.25) is 0 Å². The second-order valence-electron chi connectivity index (χ2n) is 7.77. The van der Waals surface area contributed by atoms with Crippen LogP contribution < -0.4 is 5.32 Å². The first-order valence-electron chi connectivity index (χ1n) is 10.1. The van der Waals surface area contributed by atoms with Gasteiger partial charge in [0.05, 0.1) is 17.6 Å². The molecule has 3 aromatic rings. The molecule has 2 heterocycles. The zero-order valence-electron chi connectivity index (χ0n) is 16.7. The average molecular weight is 377 g/mol. The Morgan fingerprint density at radius 1 is 1.11 bits per heavy atom. The number of hydrogen-bond acceptors (Lipinski definition) is 3. The van der Waals surface area contributed by atoms with Crippen LogP contribution >= 0.6 is 0 Å². The van der Waals surface area contributed by atoms with Gasteiger partial charge in [-0.25, -0.2) is 4.98 Å². The van der Waals surface area contributed by atoms with E-state index in [1.165, 1.54) is 16.6 Å². The molecule has 0 bridgehead atoms. The Kier molecular flexibility index (Phi) is 5.44. The summed E-state index contributed by atoms with van der Waals surface area (Å²) in [4.78, 5) is 19.8. The second-order valence-corrected chi connectivity index (χ2v) is 7.77. The first-order valence-corrected chi connectivity index (χ1v) is 10.1. The highest BCUT2D eigenvalue weighted by Crippen LogP contribution is 2.21. The monoisotopic (exact) mass is 376 g/mol. The maximum Gasteiger partial charge on any atom is 0.223 e. The number of piperidine rings is 1. The molecule has 0 saturated carbocycles. The molecule has 1 fully saturated rings. The largest absolute Gasteiger partial charge is 0.352 e. The summed E-state index contributed by atoms with van der Waals surface area (Å²) in [6, 6.07) is 16.5. The topological polar surface area (TPSA) is 50.2 Å². The van der Waals surface area contributed by atoms with E-state index in [0.29, 0.717) is 6.54 Å². The maximum absolute atomic E-state index is 12.6. The highest BCUT2D eigenvalue weighted by atomic mass is 16.1. The van der Waals surface area contributed by atoms with Gasteiger partial charge in [0.2, 0.25) is 5.91 Å². The predicted octanol–water partition coefficient (Wildman–Crippen LogP) is 3.41. The van der Waals surface area contributed by atoms with Crippen molar-refractivity contribution in [1.29, 1.82) is 0 Å². The lowest BCUT2D eigenvalue weighted by atomic mass is 9.95. The van der Waals surface area contributed by atoms with Gasteiger partial charge in [0, 0.05) is 19.5 Å². The zero-order valence-corrected chi connectivity index (χ0v) is 16.7. The summed E-state index contributed by atoms with van der Waals surface area (Å²) >= 11 is 0. The van der Waals surface area contributed by atoms with Gasteiger partial charge in [-0.3, -0.25) is 9.69 Å². The highest BCUT2D eigenvalue weighted by molar-refractivity contribution is 5.78. The van der Waals surface area contributed by atoms with Crippen molar-refractivity contribution in [2.24, 2.45) is 13.0 Å². The van der Waals surface area contributed by atoms with Crippen LogP contribution in [0.1, 0.15) is 29.8 Å². The SMILES string of the molecule is Cc1ccccc1CNC(=O)C1CCN(Cc2nc3ccccc3n2C)CC1. The summed E-state index contributed by atoms with van der Waals surface area (Å²) in [6.45, 7) is 5.41. The van der Waals surface area contributed by atoms with Crippen molar-refractivity contribution in [3.05, 3.63) is 65.5 Å². The van der Waals surface area contributed by atoms with Crippen LogP contribution in [-0.2, 0) is 24.9 Å². The van der Waals surface area contributed by atoms with Gasteiger partial charge in [-0.05, 0) is 56.1 Å². The molecule has 1 aliphatic heterocycles. The summed E-state index contributed by atoms with van der Waals surface area (Å²) in [5.74, 6) is 1.38. The molecule has 5 heteroatoms. The molecule has 1 aromatic heterocycles. The number of benzene rings is 2. The Morgan fingerprint density at radius 3 is 2.57 bits per heavy atom. The molecule has 5 nitrogen and oxygen atoms in total. The minimum absolute atomic E-state index is 0.112.